The minimum Gasteiger partial charge on any atom is -0.354 e. The van der Waals surface area contributed by atoms with Crippen LogP contribution in [0.4, 0.5) is 4.79 Å². The Morgan fingerprint density at radius 1 is 1.30 bits per heavy atom. The van der Waals surface area contributed by atoms with Gasteiger partial charge >= 0.3 is 6.03 Å². The average Bonchev–Trinajstić information content (AvgIpc) is 3.21. The summed E-state index contributed by atoms with van der Waals surface area (Å²) in [5.41, 5.74) is -0.441. The Bertz CT molecular complexity index is 578. The molecule has 23 heavy (non-hydrogen) atoms. The van der Waals surface area contributed by atoms with E-state index in [-0.39, 0.29) is 30.9 Å². The highest BCUT2D eigenvalue weighted by atomic mass is 32.1. The minimum absolute atomic E-state index is 0.0201. The molecule has 1 aliphatic heterocycles. The fourth-order valence-corrected chi connectivity index (χ4v) is 4.41. The number of amides is 4. The van der Waals surface area contributed by atoms with Crippen molar-refractivity contribution in [1.29, 1.82) is 0 Å². The lowest BCUT2D eigenvalue weighted by Crippen LogP contribution is -2.48. The van der Waals surface area contributed by atoms with E-state index < -0.39 is 5.41 Å². The maximum atomic E-state index is 12.8. The van der Waals surface area contributed by atoms with Crippen LogP contribution in [0.2, 0.25) is 0 Å². The number of nitrogens with zero attached hydrogens (tertiary/aromatic N) is 1. The molecule has 0 aromatic carbocycles. The first kappa shape index (κ1) is 16.0. The van der Waals surface area contributed by atoms with Crippen molar-refractivity contribution in [2.75, 3.05) is 19.6 Å². The Balaban J connectivity index is 1.63. The minimum atomic E-state index is -0.441. The van der Waals surface area contributed by atoms with Gasteiger partial charge in [0.15, 0.2) is 0 Å². The molecular formula is C16H21N3O3S. The van der Waals surface area contributed by atoms with Gasteiger partial charge in [0, 0.05) is 18.0 Å². The zero-order valence-electron chi connectivity index (χ0n) is 13.0. The highest BCUT2D eigenvalue weighted by molar-refractivity contribution is 7.10. The summed E-state index contributed by atoms with van der Waals surface area (Å²) in [6, 6.07) is 3.64. The summed E-state index contributed by atoms with van der Waals surface area (Å²) in [7, 11) is 0. The molecule has 1 saturated heterocycles. The third kappa shape index (κ3) is 3.10. The first-order valence-corrected chi connectivity index (χ1v) is 8.92. The number of rotatable bonds is 5. The lowest BCUT2D eigenvalue weighted by molar-refractivity contribution is -0.129. The largest absolute Gasteiger partial charge is 0.354 e. The van der Waals surface area contributed by atoms with Gasteiger partial charge in [-0.2, -0.15) is 0 Å². The van der Waals surface area contributed by atoms with Gasteiger partial charge in [-0.3, -0.25) is 14.5 Å². The van der Waals surface area contributed by atoms with Crippen LogP contribution in [0, 0.1) is 0 Å². The standard InChI is InChI=1S/C16H21N3O3S/c20-13-11-18-15(22)19(13)9-8-17-14(21)16(6-2-1-3-7-16)12-5-4-10-23-12/h4-5,10H,1-3,6-9,11H2,(H,17,21)(H,18,22). The van der Waals surface area contributed by atoms with E-state index in [9.17, 15) is 14.4 Å². The van der Waals surface area contributed by atoms with Gasteiger partial charge in [0.1, 0.15) is 0 Å². The molecule has 7 heteroatoms. The summed E-state index contributed by atoms with van der Waals surface area (Å²) < 4.78 is 0. The second kappa shape index (κ2) is 6.70. The molecule has 0 atom stereocenters. The third-order valence-electron chi connectivity index (χ3n) is 4.69. The highest BCUT2D eigenvalue weighted by Gasteiger charge is 2.41. The predicted molar refractivity (Wildman–Crippen MR) is 87.2 cm³/mol. The van der Waals surface area contributed by atoms with Gasteiger partial charge < -0.3 is 10.6 Å². The van der Waals surface area contributed by atoms with E-state index in [0.29, 0.717) is 6.54 Å². The van der Waals surface area contributed by atoms with Crippen LogP contribution < -0.4 is 10.6 Å². The van der Waals surface area contributed by atoms with Crippen molar-refractivity contribution in [3.8, 4) is 0 Å². The van der Waals surface area contributed by atoms with Gasteiger partial charge in [-0.05, 0) is 24.3 Å². The zero-order valence-corrected chi connectivity index (χ0v) is 13.8. The summed E-state index contributed by atoms with van der Waals surface area (Å²) in [5, 5.41) is 7.43. The summed E-state index contributed by atoms with van der Waals surface area (Å²) in [5.74, 6) is -0.221. The molecule has 2 aliphatic rings. The molecule has 1 aromatic rings. The average molecular weight is 335 g/mol. The number of nitrogens with one attached hydrogen (secondary N) is 2. The van der Waals surface area contributed by atoms with E-state index in [1.165, 1.54) is 6.42 Å². The van der Waals surface area contributed by atoms with E-state index in [1.54, 1.807) is 11.3 Å². The van der Waals surface area contributed by atoms with Crippen molar-refractivity contribution in [1.82, 2.24) is 15.5 Å². The zero-order chi connectivity index (χ0) is 16.3. The van der Waals surface area contributed by atoms with Crippen LogP contribution in [0.25, 0.3) is 0 Å². The predicted octanol–water partition coefficient (Wildman–Crippen LogP) is 1.62. The number of thiophene rings is 1. The Morgan fingerprint density at radius 2 is 2.09 bits per heavy atom. The second-order valence-corrected chi connectivity index (χ2v) is 7.03. The first-order chi connectivity index (χ1) is 11.1. The van der Waals surface area contributed by atoms with E-state index in [4.69, 9.17) is 0 Å². The molecule has 2 fully saturated rings. The SMILES string of the molecule is O=C1CNC(=O)N1CCNC(=O)C1(c2cccs2)CCCCC1. The van der Waals surface area contributed by atoms with Crippen molar-refractivity contribution in [3.63, 3.8) is 0 Å². The van der Waals surface area contributed by atoms with Crippen LogP contribution in [0.15, 0.2) is 17.5 Å². The number of urea groups is 1. The molecule has 0 unspecified atom stereocenters. The molecular weight excluding hydrogens is 314 g/mol. The molecule has 3 rings (SSSR count). The molecule has 1 saturated carbocycles. The normalized spacial score (nSPS) is 20.4. The monoisotopic (exact) mass is 335 g/mol. The van der Waals surface area contributed by atoms with Crippen molar-refractivity contribution in [3.05, 3.63) is 22.4 Å². The summed E-state index contributed by atoms with van der Waals surface area (Å²) in [6.45, 7) is 0.563. The fourth-order valence-electron chi connectivity index (χ4n) is 3.42. The summed E-state index contributed by atoms with van der Waals surface area (Å²) in [4.78, 5) is 38.2. The number of hydrogen-bond acceptors (Lipinski definition) is 4. The van der Waals surface area contributed by atoms with Gasteiger partial charge in [0.05, 0.1) is 12.0 Å². The van der Waals surface area contributed by atoms with Crippen molar-refractivity contribution in [2.45, 2.75) is 37.5 Å². The molecule has 124 valence electrons. The lowest BCUT2D eigenvalue weighted by Gasteiger charge is -2.35. The topological polar surface area (TPSA) is 78.5 Å². The van der Waals surface area contributed by atoms with Crippen molar-refractivity contribution < 1.29 is 14.4 Å². The lowest BCUT2D eigenvalue weighted by atomic mass is 9.72. The Labute approximate surface area is 139 Å². The molecule has 4 amide bonds. The molecule has 0 radical (unpaired) electrons. The van der Waals surface area contributed by atoms with Gasteiger partial charge in [-0.1, -0.05) is 25.3 Å². The first-order valence-electron chi connectivity index (χ1n) is 8.04. The van der Waals surface area contributed by atoms with Crippen LogP contribution in [-0.4, -0.2) is 42.4 Å². The Hall–Kier alpha value is -1.89. The summed E-state index contributed by atoms with van der Waals surface area (Å²) in [6.07, 6.45) is 5.00. The molecule has 0 bridgehead atoms. The fraction of sp³-hybridized carbons (Fsp3) is 0.562. The van der Waals surface area contributed by atoms with Crippen molar-refractivity contribution in [2.24, 2.45) is 0 Å². The quantitative estimate of drug-likeness (QED) is 0.803. The molecule has 0 spiro atoms. The number of hydrogen-bond donors (Lipinski definition) is 2. The van der Waals surface area contributed by atoms with Gasteiger partial charge in [-0.15, -0.1) is 11.3 Å². The maximum absolute atomic E-state index is 12.8. The van der Waals surface area contributed by atoms with Gasteiger partial charge in [-0.25, -0.2) is 4.79 Å². The van der Waals surface area contributed by atoms with Crippen LogP contribution >= 0.6 is 11.3 Å². The van der Waals surface area contributed by atoms with Gasteiger partial charge in [0.25, 0.3) is 0 Å². The third-order valence-corrected chi connectivity index (χ3v) is 5.77. The van der Waals surface area contributed by atoms with E-state index >= 15 is 0 Å². The van der Waals surface area contributed by atoms with E-state index in [1.807, 2.05) is 17.5 Å². The number of imide groups is 1. The van der Waals surface area contributed by atoms with Crippen molar-refractivity contribution >= 4 is 29.2 Å². The van der Waals surface area contributed by atoms with Crippen LogP contribution in [0.3, 0.4) is 0 Å². The molecule has 1 aliphatic carbocycles. The van der Waals surface area contributed by atoms with Crippen LogP contribution in [0.1, 0.15) is 37.0 Å². The van der Waals surface area contributed by atoms with E-state index in [2.05, 4.69) is 10.6 Å². The molecule has 6 nitrogen and oxygen atoms in total. The molecule has 2 heterocycles. The van der Waals surface area contributed by atoms with E-state index in [0.717, 1.165) is 35.5 Å². The van der Waals surface area contributed by atoms with Gasteiger partial charge in [0.2, 0.25) is 11.8 Å². The number of carbonyl (C=O) groups excluding carboxylic acids is 3. The number of carbonyl (C=O) groups is 3. The Morgan fingerprint density at radius 3 is 2.70 bits per heavy atom. The smallest absolute Gasteiger partial charge is 0.324 e. The maximum Gasteiger partial charge on any atom is 0.324 e. The van der Waals surface area contributed by atoms with Crippen LogP contribution in [-0.2, 0) is 15.0 Å². The van der Waals surface area contributed by atoms with Crippen LogP contribution in [0.5, 0.6) is 0 Å². The summed E-state index contributed by atoms with van der Waals surface area (Å²) >= 11 is 1.63. The Kier molecular flexibility index (Phi) is 4.66. The molecule has 1 aromatic heterocycles. The molecule has 2 N–H and O–H groups in total. The highest BCUT2D eigenvalue weighted by Crippen LogP contribution is 2.41. The second-order valence-electron chi connectivity index (χ2n) is 6.08.